The fraction of sp³-hybridized carbons (Fsp3) is 0.615. The molecule has 1 saturated heterocycles. The fourth-order valence-electron chi connectivity index (χ4n) is 2.10. The first kappa shape index (κ1) is 11.6. The standard InChI is InChI=1S/C13H20N2O/c1-10(2)13(16)8-15(9-13)7-12-11(3)5-4-6-14-12/h4-6,10,16H,7-9H2,1-3H3. The maximum Gasteiger partial charge on any atom is 0.0923 e. The van der Waals surface area contributed by atoms with Crippen molar-refractivity contribution in [1.29, 1.82) is 0 Å². The van der Waals surface area contributed by atoms with Crippen molar-refractivity contribution in [3.63, 3.8) is 0 Å². The Morgan fingerprint density at radius 1 is 1.50 bits per heavy atom. The Hall–Kier alpha value is -0.930. The number of hydrogen-bond acceptors (Lipinski definition) is 3. The van der Waals surface area contributed by atoms with Gasteiger partial charge in [0, 0.05) is 25.8 Å². The Morgan fingerprint density at radius 2 is 2.19 bits per heavy atom. The molecule has 16 heavy (non-hydrogen) atoms. The van der Waals surface area contributed by atoms with Gasteiger partial charge in [0.05, 0.1) is 11.3 Å². The molecule has 0 aliphatic carbocycles. The highest BCUT2D eigenvalue weighted by Crippen LogP contribution is 2.29. The largest absolute Gasteiger partial charge is 0.387 e. The van der Waals surface area contributed by atoms with E-state index >= 15 is 0 Å². The molecule has 0 atom stereocenters. The Morgan fingerprint density at radius 3 is 2.75 bits per heavy atom. The van der Waals surface area contributed by atoms with Crippen LogP contribution in [0.2, 0.25) is 0 Å². The van der Waals surface area contributed by atoms with Crippen LogP contribution in [0.15, 0.2) is 18.3 Å². The summed E-state index contributed by atoms with van der Waals surface area (Å²) in [5.74, 6) is 0.327. The molecule has 1 fully saturated rings. The number of nitrogens with zero attached hydrogens (tertiary/aromatic N) is 2. The molecule has 0 spiro atoms. The van der Waals surface area contributed by atoms with Crippen molar-refractivity contribution in [2.45, 2.75) is 32.9 Å². The van der Waals surface area contributed by atoms with Gasteiger partial charge in [-0.2, -0.15) is 0 Å². The summed E-state index contributed by atoms with van der Waals surface area (Å²) in [5, 5.41) is 10.1. The van der Waals surface area contributed by atoms with Crippen LogP contribution in [0.1, 0.15) is 25.1 Å². The minimum atomic E-state index is -0.483. The number of rotatable bonds is 3. The quantitative estimate of drug-likeness (QED) is 0.840. The Labute approximate surface area is 97.1 Å². The lowest BCUT2D eigenvalue weighted by Crippen LogP contribution is -2.63. The van der Waals surface area contributed by atoms with E-state index in [1.165, 1.54) is 5.56 Å². The van der Waals surface area contributed by atoms with Crippen molar-refractivity contribution in [3.8, 4) is 0 Å². The number of likely N-dealkylation sites (tertiary alicyclic amines) is 1. The van der Waals surface area contributed by atoms with Crippen LogP contribution in [0.4, 0.5) is 0 Å². The molecule has 1 N–H and O–H groups in total. The van der Waals surface area contributed by atoms with E-state index in [-0.39, 0.29) is 0 Å². The SMILES string of the molecule is Cc1cccnc1CN1CC(O)(C(C)C)C1. The van der Waals surface area contributed by atoms with Gasteiger partial charge in [-0.1, -0.05) is 19.9 Å². The summed E-state index contributed by atoms with van der Waals surface area (Å²) in [6.07, 6.45) is 1.83. The summed E-state index contributed by atoms with van der Waals surface area (Å²) in [6, 6.07) is 4.04. The maximum absolute atomic E-state index is 10.1. The van der Waals surface area contributed by atoms with E-state index in [0.29, 0.717) is 5.92 Å². The van der Waals surface area contributed by atoms with E-state index in [9.17, 15) is 5.11 Å². The van der Waals surface area contributed by atoms with Gasteiger partial charge in [-0.25, -0.2) is 0 Å². The van der Waals surface area contributed by atoms with Crippen LogP contribution < -0.4 is 0 Å². The molecule has 1 aromatic heterocycles. The van der Waals surface area contributed by atoms with E-state index in [4.69, 9.17) is 0 Å². The number of aliphatic hydroxyl groups is 1. The molecule has 3 nitrogen and oxygen atoms in total. The average Bonchev–Trinajstić information content (AvgIpc) is 2.18. The molecule has 0 amide bonds. The van der Waals surface area contributed by atoms with Crippen molar-refractivity contribution >= 4 is 0 Å². The van der Waals surface area contributed by atoms with Gasteiger partial charge in [0.15, 0.2) is 0 Å². The first-order valence-electron chi connectivity index (χ1n) is 5.86. The molecule has 0 aromatic carbocycles. The van der Waals surface area contributed by atoms with Gasteiger partial charge in [0.2, 0.25) is 0 Å². The van der Waals surface area contributed by atoms with Crippen LogP contribution in [0.25, 0.3) is 0 Å². The second kappa shape index (κ2) is 4.15. The third-order valence-corrected chi connectivity index (χ3v) is 3.56. The summed E-state index contributed by atoms with van der Waals surface area (Å²) in [6.45, 7) is 8.60. The molecule has 88 valence electrons. The minimum absolute atomic E-state index is 0.327. The van der Waals surface area contributed by atoms with Crippen molar-refractivity contribution in [3.05, 3.63) is 29.6 Å². The minimum Gasteiger partial charge on any atom is -0.387 e. The molecular formula is C13H20N2O. The lowest BCUT2D eigenvalue weighted by atomic mass is 9.83. The Kier molecular flexibility index (Phi) is 3.00. The van der Waals surface area contributed by atoms with Crippen molar-refractivity contribution in [2.75, 3.05) is 13.1 Å². The monoisotopic (exact) mass is 220 g/mol. The fourth-order valence-corrected chi connectivity index (χ4v) is 2.10. The smallest absolute Gasteiger partial charge is 0.0923 e. The van der Waals surface area contributed by atoms with Crippen LogP contribution in [-0.2, 0) is 6.54 Å². The van der Waals surface area contributed by atoms with E-state index in [1.54, 1.807) is 0 Å². The lowest BCUT2D eigenvalue weighted by molar-refractivity contribution is -0.131. The second-order valence-electron chi connectivity index (χ2n) is 5.17. The van der Waals surface area contributed by atoms with Crippen molar-refractivity contribution < 1.29 is 5.11 Å². The van der Waals surface area contributed by atoms with Crippen LogP contribution in [0.3, 0.4) is 0 Å². The topological polar surface area (TPSA) is 36.4 Å². The van der Waals surface area contributed by atoms with Crippen LogP contribution in [0, 0.1) is 12.8 Å². The third-order valence-electron chi connectivity index (χ3n) is 3.56. The summed E-state index contributed by atoms with van der Waals surface area (Å²) in [4.78, 5) is 6.61. The number of β-amino-alcohol motifs (C(OH)–C–C–N with tert-alkyl or cyclic N) is 1. The molecule has 0 unspecified atom stereocenters. The van der Waals surface area contributed by atoms with Crippen molar-refractivity contribution in [2.24, 2.45) is 5.92 Å². The third kappa shape index (κ3) is 2.11. The highest BCUT2D eigenvalue weighted by atomic mass is 16.3. The molecule has 1 aromatic rings. The first-order chi connectivity index (χ1) is 7.51. The van der Waals surface area contributed by atoms with Crippen LogP contribution in [-0.4, -0.2) is 33.7 Å². The van der Waals surface area contributed by atoms with Gasteiger partial charge < -0.3 is 5.11 Å². The predicted molar refractivity (Wildman–Crippen MR) is 64.0 cm³/mol. The molecule has 0 radical (unpaired) electrons. The zero-order chi connectivity index (χ0) is 11.8. The predicted octanol–water partition coefficient (Wildman–Crippen LogP) is 1.59. The van der Waals surface area contributed by atoms with E-state index in [2.05, 4.69) is 36.7 Å². The van der Waals surface area contributed by atoms with Gasteiger partial charge >= 0.3 is 0 Å². The molecule has 0 bridgehead atoms. The number of hydrogen-bond donors (Lipinski definition) is 1. The molecule has 1 aliphatic heterocycles. The van der Waals surface area contributed by atoms with E-state index < -0.39 is 5.60 Å². The van der Waals surface area contributed by atoms with Crippen LogP contribution >= 0.6 is 0 Å². The van der Waals surface area contributed by atoms with Crippen LogP contribution in [0.5, 0.6) is 0 Å². The Bertz CT molecular complexity index is 370. The highest BCUT2D eigenvalue weighted by Gasteiger charge is 2.43. The maximum atomic E-state index is 10.1. The van der Waals surface area contributed by atoms with E-state index in [0.717, 1.165) is 25.3 Å². The normalized spacial score (nSPS) is 19.8. The highest BCUT2D eigenvalue weighted by molar-refractivity contribution is 5.18. The summed E-state index contributed by atoms with van der Waals surface area (Å²) in [5.41, 5.74) is 1.86. The molecule has 1 aliphatic rings. The number of aromatic nitrogens is 1. The van der Waals surface area contributed by atoms with Gasteiger partial charge in [-0.05, 0) is 24.5 Å². The average molecular weight is 220 g/mol. The second-order valence-corrected chi connectivity index (χ2v) is 5.17. The summed E-state index contributed by atoms with van der Waals surface area (Å²) < 4.78 is 0. The summed E-state index contributed by atoms with van der Waals surface area (Å²) >= 11 is 0. The molecule has 2 heterocycles. The van der Waals surface area contributed by atoms with Crippen molar-refractivity contribution in [1.82, 2.24) is 9.88 Å². The lowest BCUT2D eigenvalue weighted by Gasteiger charge is -2.49. The van der Waals surface area contributed by atoms with Gasteiger partial charge in [-0.3, -0.25) is 9.88 Å². The van der Waals surface area contributed by atoms with Gasteiger partial charge in [-0.15, -0.1) is 0 Å². The van der Waals surface area contributed by atoms with Gasteiger partial charge in [0.25, 0.3) is 0 Å². The zero-order valence-corrected chi connectivity index (χ0v) is 10.3. The molecule has 0 saturated carbocycles. The molecule has 3 heteroatoms. The Balaban J connectivity index is 1.93. The zero-order valence-electron chi connectivity index (χ0n) is 10.3. The first-order valence-corrected chi connectivity index (χ1v) is 5.86. The number of pyridine rings is 1. The molecular weight excluding hydrogens is 200 g/mol. The summed E-state index contributed by atoms with van der Waals surface area (Å²) in [7, 11) is 0. The molecule has 2 rings (SSSR count). The van der Waals surface area contributed by atoms with Gasteiger partial charge in [0.1, 0.15) is 0 Å². The number of aryl methyl sites for hydroxylation is 1. The van der Waals surface area contributed by atoms with E-state index in [1.807, 2.05) is 12.3 Å².